The van der Waals surface area contributed by atoms with Crippen LogP contribution in [0.5, 0.6) is 0 Å². The first-order valence-electron chi connectivity index (χ1n) is 7.14. The number of rotatable bonds is 5. The van der Waals surface area contributed by atoms with Crippen molar-refractivity contribution in [1.82, 2.24) is 4.90 Å². The summed E-state index contributed by atoms with van der Waals surface area (Å²) in [5.74, 6) is -1.40. The molecule has 114 valence electrons. The van der Waals surface area contributed by atoms with Crippen LogP contribution in [-0.4, -0.2) is 40.3 Å². The summed E-state index contributed by atoms with van der Waals surface area (Å²) in [5.41, 5.74) is 1.10. The maximum atomic E-state index is 14.1. The molecule has 5 heteroatoms. The Morgan fingerprint density at radius 2 is 2.24 bits per heavy atom. The number of halogens is 1. The number of hydrogen-bond acceptors (Lipinski definition) is 3. The molecule has 1 unspecified atom stereocenters. The van der Waals surface area contributed by atoms with Crippen LogP contribution in [0, 0.1) is 5.82 Å². The maximum absolute atomic E-state index is 14.1. The van der Waals surface area contributed by atoms with Crippen molar-refractivity contribution >= 4 is 12.0 Å². The second-order valence-electron chi connectivity index (χ2n) is 5.33. The maximum Gasteiger partial charge on any atom is 0.328 e. The van der Waals surface area contributed by atoms with Crippen LogP contribution < -0.4 is 0 Å². The molecule has 2 N–H and O–H groups in total. The van der Waals surface area contributed by atoms with Gasteiger partial charge in [-0.3, -0.25) is 4.90 Å². The van der Waals surface area contributed by atoms with Gasteiger partial charge in [0.25, 0.3) is 0 Å². The van der Waals surface area contributed by atoms with Crippen LogP contribution in [0.3, 0.4) is 0 Å². The average molecular weight is 293 g/mol. The first-order chi connectivity index (χ1) is 10.1. The van der Waals surface area contributed by atoms with E-state index in [0.717, 1.165) is 31.9 Å². The Labute approximate surface area is 123 Å². The fraction of sp³-hybridized carbons (Fsp3) is 0.438. The Balaban J connectivity index is 2.08. The van der Waals surface area contributed by atoms with Crippen LogP contribution in [0.1, 0.15) is 30.4 Å². The fourth-order valence-electron chi connectivity index (χ4n) is 2.66. The monoisotopic (exact) mass is 293 g/mol. The minimum Gasteiger partial charge on any atom is -0.478 e. The summed E-state index contributed by atoms with van der Waals surface area (Å²) in [6.07, 6.45) is 5.46. The fourth-order valence-corrected chi connectivity index (χ4v) is 2.66. The van der Waals surface area contributed by atoms with Gasteiger partial charge in [0.05, 0.1) is 6.61 Å². The van der Waals surface area contributed by atoms with Crippen molar-refractivity contribution < 1.29 is 19.4 Å². The van der Waals surface area contributed by atoms with Crippen molar-refractivity contribution in [2.24, 2.45) is 0 Å². The van der Waals surface area contributed by atoms with E-state index >= 15 is 0 Å². The molecule has 21 heavy (non-hydrogen) atoms. The third-order valence-corrected chi connectivity index (χ3v) is 3.83. The van der Waals surface area contributed by atoms with Crippen molar-refractivity contribution in [1.29, 1.82) is 0 Å². The van der Waals surface area contributed by atoms with Crippen molar-refractivity contribution in [3.63, 3.8) is 0 Å². The molecule has 1 fully saturated rings. The zero-order valence-electron chi connectivity index (χ0n) is 11.8. The zero-order valence-corrected chi connectivity index (χ0v) is 11.8. The molecule has 1 saturated heterocycles. The van der Waals surface area contributed by atoms with Gasteiger partial charge in [-0.1, -0.05) is 18.6 Å². The number of nitrogens with zero attached hydrogens (tertiary/aromatic N) is 1. The summed E-state index contributed by atoms with van der Waals surface area (Å²) in [4.78, 5) is 12.6. The second-order valence-corrected chi connectivity index (χ2v) is 5.33. The number of likely N-dealkylation sites (tertiary alicyclic amines) is 1. The summed E-state index contributed by atoms with van der Waals surface area (Å²) in [6.45, 7) is 1.44. The van der Waals surface area contributed by atoms with Crippen molar-refractivity contribution in [2.75, 3.05) is 13.2 Å². The third-order valence-electron chi connectivity index (χ3n) is 3.83. The number of carboxylic acids is 1. The van der Waals surface area contributed by atoms with E-state index in [9.17, 15) is 14.3 Å². The van der Waals surface area contributed by atoms with Crippen LogP contribution >= 0.6 is 0 Å². The molecule has 0 radical (unpaired) electrons. The first-order valence-corrected chi connectivity index (χ1v) is 7.14. The SMILES string of the molecule is O=C(O)C=Cc1ccc(CN2CCCCC2CO)c(F)c1. The minimum absolute atomic E-state index is 0.0983. The van der Waals surface area contributed by atoms with E-state index in [1.54, 1.807) is 12.1 Å². The van der Waals surface area contributed by atoms with Gasteiger partial charge < -0.3 is 10.2 Å². The van der Waals surface area contributed by atoms with E-state index in [0.29, 0.717) is 17.7 Å². The number of carbonyl (C=O) groups is 1. The summed E-state index contributed by atoms with van der Waals surface area (Å²) in [6, 6.07) is 4.83. The van der Waals surface area contributed by atoms with Crippen LogP contribution in [0.25, 0.3) is 6.08 Å². The van der Waals surface area contributed by atoms with Crippen LogP contribution in [0.2, 0.25) is 0 Å². The molecule has 0 bridgehead atoms. The highest BCUT2D eigenvalue weighted by Crippen LogP contribution is 2.21. The molecule has 0 amide bonds. The van der Waals surface area contributed by atoms with Crippen LogP contribution in [0.15, 0.2) is 24.3 Å². The Bertz CT molecular complexity index is 530. The Morgan fingerprint density at radius 1 is 1.43 bits per heavy atom. The summed E-state index contributed by atoms with van der Waals surface area (Å²) in [5, 5.41) is 17.9. The molecule has 2 rings (SSSR count). The van der Waals surface area contributed by atoms with Crippen LogP contribution in [0.4, 0.5) is 4.39 Å². The van der Waals surface area contributed by atoms with E-state index in [1.165, 1.54) is 12.1 Å². The van der Waals surface area contributed by atoms with Gasteiger partial charge >= 0.3 is 5.97 Å². The first kappa shape index (κ1) is 15.7. The summed E-state index contributed by atoms with van der Waals surface area (Å²) in [7, 11) is 0. The molecule has 4 nitrogen and oxygen atoms in total. The molecule has 1 aliphatic rings. The van der Waals surface area contributed by atoms with Gasteiger partial charge in [0.1, 0.15) is 5.82 Å². The standard InChI is InChI=1S/C16H20FNO3/c17-15-9-12(5-7-16(20)21)4-6-13(15)10-18-8-2-1-3-14(18)11-19/h4-7,9,14,19H,1-3,8,10-11H2,(H,20,21). The molecule has 0 spiro atoms. The normalized spacial score (nSPS) is 20.0. The summed E-state index contributed by atoms with van der Waals surface area (Å²) >= 11 is 0. The van der Waals surface area contributed by atoms with E-state index < -0.39 is 5.97 Å². The van der Waals surface area contributed by atoms with Gasteiger partial charge in [-0.25, -0.2) is 9.18 Å². The lowest BCUT2D eigenvalue weighted by atomic mass is 10.0. The summed E-state index contributed by atoms with van der Waals surface area (Å²) < 4.78 is 14.1. The predicted molar refractivity (Wildman–Crippen MR) is 78.2 cm³/mol. The molecule has 0 aromatic heterocycles. The zero-order chi connectivity index (χ0) is 15.2. The smallest absolute Gasteiger partial charge is 0.328 e. The van der Waals surface area contributed by atoms with Crippen molar-refractivity contribution in [3.8, 4) is 0 Å². The molecule has 1 aromatic carbocycles. The number of piperidine rings is 1. The van der Waals surface area contributed by atoms with Crippen molar-refractivity contribution in [2.45, 2.75) is 31.8 Å². The molecule has 0 saturated carbocycles. The number of hydrogen-bond donors (Lipinski definition) is 2. The van der Waals surface area contributed by atoms with Gasteiger partial charge in [-0.05, 0) is 37.1 Å². The molecule has 1 heterocycles. The van der Waals surface area contributed by atoms with Gasteiger partial charge in [-0.15, -0.1) is 0 Å². The number of aliphatic hydroxyl groups is 1. The Morgan fingerprint density at radius 3 is 2.90 bits per heavy atom. The van der Waals surface area contributed by atoms with Crippen LogP contribution in [-0.2, 0) is 11.3 Å². The van der Waals surface area contributed by atoms with Gasteiger partial charge in [-0.2, -0.15) is 0 Å². The average Bonchev–Trinajstić information content (AvgIpc) is 2.48. The second kappa shape index (κ2) is 7.33. The molecule has 0 aliphatic carbocycles. The number of benzene rings is 1. The van der Waals surface area contributed by atoms with Crippen molar-refractivity contribution in [3.05, 3.63) is 41.2 Å². The molecule has 1 atom stereocenters. The van der Waals surface area contributed by atoms with E-state index in [1.807, 2.05) is 0 Å². The Hall–Kier alpha value is -1.72. The lowest BCUT2D eigenvalue weighted by Crippen LogP contribution is -2.41. The highest BCUT2D eigenvalue weighted by molar-refractivity contribution is 5.85. The van der Waals surface area contributed by atoms with E-state index in [4.69, 9.17) is 5.11 Å². The Kier molecular flexibility index (Phi) is 5.47. The molecule has 1 aliphatic heterocycles. The molecule has 1 aromatic rings. The van der Waals surface area contributed by atoms with Gasteiger partial charge in [0.15, 0.2) is 0 Å². The largest absolute Gasteiger partial charge is 0.478 e. The van der Waals surface area contributed by atoms with E-state index in [2.05, 4.69) is 4.90 Å². The number of aliphatic hydroxyl groups excluding tert-OH is 1. The topological polar surface area (TPSA) is 60.8 Å². The quantitative estimate of drug-likeness (QED) is 0.818. The third kappa shape index (κ3) is 4.37. The lowest BCUT2D eigenvalue weighted by molar-refractivity contribution is -0.131. The van der Waals surface area contributed by atoms with Gasteiger partial charge in [0.2, 0.25) is 0 Å². The minimum atomic E-state index is -1.06. The highest BCUT2D eigenvalue weighted by Gasteiger charge is 2.22. The molecular formula is C16H20FNO3. The highest BCUT2D eigenvalue weighted by atomic mass is 19.1. The molecular weight excluding hydrogens is 273 g/mol. The number of carboxylic acid groups (broad SMARTS) is 1. The predicted octanol–water partition coefficient (Wildman–Crippen LogP) is 2.27. The lowest BCUT2D eigenvalue weighted by Gasteiger charge is -2.34. The van der Waals surface area contributed by atoms with Gasteiger partial charge in [0, 0.05) is 24.2 Å². The number of aliphatic carboxylic acids is 1. The van der Waals surface area contributed by atoms with E-state index in [-0.39, 0.29) is 18.5 Å².